The Morgan fingerprint density at radius 2 is 2.12 bits per heavy atom. The summed E-state index contributed by atoms with van der Waals surface area (Å²) in [7, 11) is 0. The van der Waals surface area contributed by atoms with Crippen LogP contribution < -0.4 is 5.73 Å². The summed E-state index contributed by atoms with van der Waals surface area (Å²) in [5.41, 5.74) is 10.9. The number of aliphatic imine (C=N–C) groups is 1. The van der Waals surface area contributed by atoms with E-state index in [-0.39, 0.29) is 0 Å². The highest BCUT2D eigenvalue weighted by molar-refractivity contribution is 8.02. The molecule has 1 heterocycles. The lowest BCUT2D eigenvalue weighted by Crippen LogP contribution is -2.02. The standard InChI is InChI=1S/C20H20N2S2/c1-22-19(15-8-3-2-4-9-15)20(21)24-14-16-10-5-6-11-17(16)18-12-7-13-23-18/h2-3,5-8,10-13H,1,4,9,14,21H2/b20-19-. The Bertz CT molecular complexity index is 799. The summed E-state index contributed by atoms with van der Waals surface area (Å²) in [5.74, 6) is 0.821. The number of nitrogens with zero attached hydrogens (tertiary/aromatic N) is 1. The maximum atomic E-state index is 6.32. The second kappa shape index (κ2) is 8.18. The van der Waals surface area contributed by atoms with Gasteiger partial charge >= 0.3 is 0 Å². The smallest absolute Gasteiger partial charge is 0.0950 e. The Morgan fingerprint density at radius 1 is 1.25 bits per heavy atom. The first-order valence-electron chi connectivity index (χ1n) is 7.86. The maximum Gasteiger partial charge on any atom is 0.0950 e. The topological polar surface area (TPSA) is 38.4 Å². The second-order valence-electron chi connectivity index (χ2n) is 5.45. The fraction of sp³-hybridized carbons (Fsp3) is 0.150. The Hall–Kier alpha value is -2.04. The molecule has 1 aliphatic rings. The number of allylic oxidation sites excluding steroid dienone is 4. The van der Waals surface area contributed by atoms with E-state index in [1.165, 1.54) is 21.6 Å². The second-order valence-corrected chi connectivity index (χ2v) is 7.42. The SMILES string of the molecule is C=N/C(C1=CC=CCC1)=C(/N)SCc1ccccc1-c1cccs1. The molecule has 0 aliphatic heterocycles. The molecule has 0 saturated carbocycles. The summed E-state index contributed by atoms with van der Waals surface area (Å²) < 4.78 is 0. The van der Waals surface area contributed by atoms with Crippen LogP contribution in [0, 0.1) is 0 Å². The van der Waals surface area contributed by atoms with Crippen LogP contribution in [0.15, 0.2) is 81.3 Å². The molecule has 0 fully saturated rings. The van der Waals surface area contributed by atoms with Gasteiger partial charge in [-0.15, -0.1) is 23.1 Å². The molecule has 2 aromatic rings. The van der Waals surface area contributed by atoms with Gasteiger partial charge in [-0.2, -0.15) is 0 Å². The first kappa shape index (κ1) is 16.8. The molecule has 0 atom stereocenters. The number of benzene rings is 1. The van der Waals surface area contributed by atoms with Gasteiger partial charge in [0, 0.05) is 10.6 Å². The lowest BCUT2D eigenvalue weighted by Gasteiger charge is -2.13. The molecule has 4 heteroatoms. The number of thiophene rings is 1. The van der Waals surface area contributed by atoms with Gasteiger partial charge in [-0.25, -0.2) is 0 Å². The zero-order valence-electron chi connectivity index (χ0n) is 13.4. The molecule has 0 bridgehead atoms. The van der Waals surface area contributed by atoms with Crippen molar-refractivity contribution >= 4 is 29.8 Å². The summed E-state index contributed by atoms with van der Waals surface area (Å²) in [6, 6.07) is 12.7. The van der Waals surface area contributed by atoms with Crippen molar-refractivity contribution < 1.29 is 0 Å². The largest absolute Gasteiger partial charge is 0.392 e. The number of nitrogens with two attached hydrogens (primary N) is 1. The van der Waals surface area contributed by atoms with Crippen molar-refractivity contribution in [3.05, 3.63) is 81.9 Å². The van der Waals surface area contributed by atoms with E-state index >= 15 is 0 Å². The van der Waals surface area contributed by atoms with Crippen LogP contribution in [0.2, 0.25) is 0 Å². The summed E-state index contributed by atoms with van der Waals surface area (Å²) in [4.78, 5) is 5.47. The Labute approximate surface area is 151 Å². The Morgan fingerprint density at radius 3 is 2.83 bits per heavy atom. The Balaban J connectivity index is 1.80. The highest BCUT2D eigenvalue weighted by Gasteiger charge is 2.11. The molecule has 122 valence electrons. The normalized spacial score (nSPS) is 14.9. The van der Waals surface area contributed by atoms with Crippen LogP contribution in [-0.2, 0) is 5.75 Å². The molecule has 1 aromatic heterocycles. The summed E-state index contributed by atoms with van der Waals surface area (Å²) in [5, 5.41) is 2.85. The van der Waals surface area contributed by atoms with Gasteiger partial charge in [0.2, 0.25) is 0 Å². The number of hydrogen-bond donors (Lipinski definition) is 1. The van der Waals surface area contributed by atoms with Gasteiger partial charge in [0.05, 0.1) is 10.7 Å². The molecule has 0 unspecified atom stereocenters. The maximum absolute atomic E-state index is 6.32. The first-order valence-corrected chi connectivity index (χ1v) is 9.73. The molecule has 3 rings (SSSR count). The fourth-order valence-corrected chi connectivity index (χ4v) is 4.36. The van der Waals surface area contributed by atoms with E-state index in [1.807, 2.05) is 0 Å². The molecule has 0 spiro atoms. The number of rotatable bonds is 6. The van der Waals surface area contributed by atoms with Crippen LogP contribution >= 0.6 is 23.1 Å². The molecular weight excluding hydrogens is 332 g/mol. The zero-order chi connectivity index (χ0) is 16.8. The van der Waals surface area contributed by atoms with Gasteiger partial charge in [0.25, 0.3) is 0 Å². The van der Waals surface area contributed by atoms with E-state index in [0.717, 1.165) is 29.3 Å². The molecule has 0 saturated heterocycles. The molecular formula is C20H20N2S2. The summed E-state index contributed by atoms with van der Waals surface area (Å²) >= 11 is 3.39. The minimum absolute atomic E-state index is 0.743. The minimum atomic E-state index is 0.743. The lowest BCUT2D eigenvalue weighted by atomic mass is 10.0. The van der Waals surface area contributed by atoms with Crippen LogP contribution in [0.4, 0.5) is 0 Å². The molecule has 2 N–H and O–H groups in total. The third-order valence-corrected chi connectivity index (χ3v) is 5.76. The van der Waals surface area contributed by atoms with E-state index in [2.05, 4.69) is 71.7 Å². The van der Waals surface area contributed by atoms with Gasteiger partial charge < -0.3 is 5.73 Å². The quantitative estimate of drug-likeness (QED) is 0.672. The zero-order valence-corrected chi connectivity index (χ0v) is 15.1. The lowest BCUT2D eigenvalue weighted by molar-refractivity contribution is 0.959. The summed E-state index contributed by atoms with van der Waals surface area (Å²) in [6.07, 6.45) is 8.31. The van der Waals surface area contributed by atoms with Crippen molar-refractivity contribution in [2.24, 2.45) is 10.7 Å². The van der Waals surface area contributed by atoms with Crippen molar-refractivity contribution in [3.63, 3.8) is 0 Å². The highest BCUT2D eigenvalue weighted by Crippen LogP contribution is 2.33. The van der Waals surface area contributed by atoms with E-state index in [4.69, 9.17) is 5.73 Å². The first-order chi connectivity index (χ1) is 11.8. The third-order valence-electron chi connectivity index (χ3n) is 3.90. The van der Waals surface area contributed by atoms with Crippen molar-refractivity contribution in [3.8, 4) is 10.4 Å². The van der Waals surface area contributed by atoms with Gasteiger partial charge in [-0.1, -0.05) is 48.6 Å². The van der Waals surface area contributed by atoms with E-state index in [9.17, 15) is 0 Å². The molecule has 0 radical (unpaired) electrons. The van der Waals surface area contributed by atoms with E-state index < -0.39 is 0 Å². The molecule has 1 aliphatic carbocycles. The van der Waals surface area contributed by atoms with Crippen molar-refractivity contribution in [1.29, 1.82) is 0 Å². The Kier molecular flexibility index (Phi) is 5.72. The molecule has 1 aromatic carbocycles. The molecule has 0 amide bonds. The average molecular weight is 353 g/mol. The monoisotopic (exact) mass is 352 g/mol. The van der Waals surface area contributed by atoms with Gasteiger partial charge in [0.1, 0.15) is 0 Å². The predicted molar refractivity (Wildman–Crippen MR) is 108 cm³/mol. The van der Waals surface area contributed by atoms with Crippen LogP contribution in [0.5, 0.6) is 0 Å². The van der Waals surface area contributed by atoms with Crippen LogP contribution in [0.3, 0.4) is 0 Å². The summed E-state index contributed by atoms with van der Waals surface area (Å²) in [6.45, 7) is 3.71. The van der Waals surface area contributed by atoms with Crippen molar-refractivity contribution in [1.82, 2.24) is 0 Å². The van der Waals surface area contributed by atoms with Gasteiger partial charge in [0.15, 0.2) is 0 Å². The average Bonchev–Trinajstić information content (AvgIpc) is 3.16. The van der Waals surface area contributed by atoms with Crippen LogP contribution in [0.1, 0.15) is 18.4 Å². The van der Waals surface area contributed by atoms with Crippen LogP contribution in [0.25, 0.3) is 10.4 Å². The predicted octanol–water partition coefficient (Wildman–Crippen LogP) is 5.75. The van der Waals surface area contributed by atoms with Gasteiger partial charge in [-0.3, -0.25) is 4.99 Å². The van der Waals surface area contributed by atoms with E-state index in [1.54, 1.807) is 23.1 Å². The van der Waals surface area contributed by atoms with E-state index in [0.29, 0.717) is 0 Å². The molecule has 2 nitrogen and oxygen atoms in total. The highest BCUT2D eigenvalue weighted by atomic mass is 32.2. The van der Waals surface area contributed by atoms with Gasteiger partial charge in [-0.05, 0) is 47.7 Å². The van der Waals surface area contributed by atoms with Crippen molar-refractivity contribution in [2.75, 3.05) is 0 Å². The third kappa shape index (κ3) is 3.89. The fourth-order valence-electron chi connectivity index (χ4n) is 2.68. The number of hydrogen-bond acceptors (Lipinski definition) is 4. The van der Waals surface area contributed by atoms with Crippen LogP contribution in [-0.4, -0.2) is 6.72 Å². The minimum Gasteiger partial charge on any atom is -0.392 e. The number of thioether (sulfide) groups is 1. The van der Waals surface area contributed by atoms with Crippen molar-refractivity contribution in [2.45, 2.75) is 18.6 Å². The molecule has 24 heavy (non-hydrogen) atoms.